The Bertz CT molecular complexity index is 922. The number of carbonyl (C=O) groups excluding carboxylic acids is 1. The zero-order chi connectivity index (χ0) is 18.6. The number of carbonyl (C=O) groups is 1. The first-order chi connectivity index (χ1) is 13.2. The molecule has 1 fully saturated rings. The van der Waals surface area contributed by atoms with Gasteiger partial charge in [0.1, 0.15) is 11.5 Å². The van der Waals surface area contributed by atoms with Crippen LogP contribution in [0.4, 0.5) is 5.82 Å². The van der Waals surface area contributed by atoms with Gasteiger partial charge in [-0.1, -0.05) is 35.9 Å². The molecule has 4 nitrogen and oxygen atoms in total. The maximum Gasteiger partial charge on any atom is 0.212 e. The van der Waals surface area contributed by atoms with Gasteiger partial charge in [0.15, 0.2) is 0 Å². The van der Waals surface area contributed by atoms with E-state index >= 15 is 0 Å². The molecule has 1 aliphatic heterocycles. The van der Waals surface area contributed by atoms with Gasteiger partial charge >= 0.3 is 0 Å². The predicted octanol–water partition coefficient (Wildman–Crippen LogP) is 4.40. The summed E-state index contributed by atoms with van der Waals surface area (Å²) in [7, 11) is 0. The first-order valence-electron chi connectivity index (χ1n) is 9.44. The highest BCUT2D eigenvalue weighted by atomic mass is 16.1. The summed E-state index contributed by atoms with van der Waals surface area (Å²) in [5.74, 6) is 1.29. The van der Waals surface area contributed by atoms with Gasteiger partial charge in [-0.05, 0) is 49.6 Å². The van der Waals surface area contributed by atoms with Gasteiger partial charge in [0.25, 0.3) is 0 Å². The van der Waals surface area contributed by atoms with Crippen LogP contribution in [0.5, 0.6) is 0 Å². The molecule has 0 N–H and O–H groups in total. The second-order valence-corrected chi connectivity index (χ2v) is 7.15. The van der Waals surface area contributed by atoms with E-state index in [-0.39, 0.29) is 5.78 Å². The molecular weight excluding hydrogens is 334 g/mol. The van der Waals surface area contributed by atoms with Crippen molar-refractivity contribution in [1.29, 1.82) is 0 Å². The lowest BCUT2D eigenvalue weighted by atomic mass is 9.90. The summed E-state index contributed by atoms with van der Waals surface area (Å²) in [6.45, 7) is 4.02. The van der Waals surface area contributed by atoms with Crippen LogP contribution in [0, 0.1) is 6.92 Å². The number of aryl methyl sites for hydroxylation is 1. The molecule has 0 bridgehead atoms. The van der Waals surface area contributed by atoms with Crippen molar-refractivity contribution in [3.8, 4) is 0 Å². The molecule has 1 unspecified atom stereocenters. The highest BCUT2D eigenvalue weighted by molar-refractivity contribution is 6.07. The number of hydrogen-bond acceptors (Lipinski definition) is 4. The van der Waals surface area contributed by atoms with E-state index in [4.69, 9.17) is 0 Å². The number of piperidine rings is 1. The van der Waals surface area contributed by atoms with Crippen molar-refractivity contribution >= 4 is 11.6 Å². The highest BCUT2D eigenvalue weighted by Gasteiger charge is 2.23. The zero-order valence-electron chi connectivity index (χ0n) is 15.5. The topological polar surface area (TPSA) is 46.1 Å². The van der Waals surface area contributed by atoms with Gasteiger partial charge in [0.05, 0.1) is 0 Å². The van der Waals surface area contributed by atoms with Crippen LogP contribution in [-0.4, -0.2) is 28.8 Å². The lowest BCUT2D eigenvalue weighted by Crippen LogP contribution is -2.35. The van der Waals surface area contributed by atoms with Gasteiger partial charge in [-0.15, -0.1) is 0 Å². The molecule has 136 valence electrons. The molecule has 3 heterocycles. The molecule has 2 aromatic heterocycles. The number of hydrogen-bond donors (Lipinski definition) is 0. The molecule has 0 saturated carbocycles. The Kier molecular flexibility index (Phi) is 4.97. The molecule has 0 amide bonds. The number of aromatic nitrogens is 2. The Labute approximate surface area is 159 Å². The summed E-state index contributed by atoms with van der Waals surface area (Å²) < 4.78 is 0. The summed E-state index contributed by atoms with van der Waals surface area (Å²) in [5.41, 5.74) is 3.71. The summed E-state index contributed by atoms with van der Waals surface area (Å²) in [5, 5.41) is 0. The Morgan fingerprint density at radius 1 is 1.07 bits per heavy atom. The lowest BCUT2D eigenvalue weighted by molar-refractivity contribution is 0.103. The molecule has 1 saturated heterocycles. The van der Waals surface area contributed by atoms with Crippen molar-refractivity contribution in [1.82, 2.24) is 9.97 Å². The minimum Gasteiger partial charge on any atom is -0.356 e. The quantitative estimate of drug-likeness (QED) is 0.649. The predicted molar refractivity (Wildman–Crippen MR) is 107 cm³/mol. The SMILES string of the molecule is Cc1ccc(C2CCCN(c3cccc(C(=O)c4cccnc4)n3)C2)cc1. The van der Waals surface area contributed by atoms with Crippen LogP contribution in [0.25, 0.3) is 0 Å². The largest absolute Gasteiger partial charge is 0.356 e. The molecular formula is C23H23N3O. The van der Waals surface area contributed by atoms with Crippen LogP contribution in [-0.2, 0) is 0 Å². The molecule has 0 radical (unpaired) electrons. The summed E-state index contributed by atoms with van der Waals surface area (Å²) >= 11 is 0. The second kappa shape index (κ2) is 7.70. The summed E-state index contributed by atoms with van der Waals surface area (Å²) in [4.78, 5) is 23.7. The maximum atomic E-state index is 12.7. The minimum absolute atomic E-state index is 0.0861. The van der Waals surface area contributed by atoms with E-state index in [0.29, 0.717) is 17.2 Å². The average Bonchev–Trinajstić information content (AvgIpc) is 2.74. The third-order valence-electron chi connectivity index (χ3n) is 5.18. The van der Waals surface area contributed by atoms with E-state index in [0.717, 1.165) is 25.3 Å². The van der Waals surface area contributed by atoms with Crippen LogP contribution in [0.2, 0.25) is 0 Å². The number of rotatable bonds is 4. The average molecular weight is 357 g/mol. The van der Waals surface area contributed by atoms with E-state index in [9.17, 15) is 4.79 Å². The molecule has 0 spiro atoms. The van der Waals surface area contributed by atoms with Crippen LogP contribution in [0.1, 0.15) is 45.9 Å². The molecule has 3 aromatic rings. The smallest absolute Gasteiger partial charge is 0.212 e. The van der Waals surface area contributed by atoms with Crippen LogP contribution in [0.15, 0.2) is 67.0 Å². The van der Waals surface area contributed by atoms with Gasteiger partial charge in [-0.25, -0.2) is 4.98 Å². The molecule has 0 aliphatic carbocycles. The first-order valence-corrected chi connectivity index (χ1v) is 9.44. The van der Waals surface area contributed by atoms with Gasteiger partial charge in [-0.2, -0.15) is 0 Å². The fraction of sp³-hybridized carbons (Fsp3) is 0.261. The zero-order valence-corrected chi connectivity index (χ0v) is 15.5. The molecule has 4 heteroatoms. The van der Waals surface area contributed by atoms with Crippen molar-refractivity contribution < 1.29 is 4.79 Å². The van der Waals surface area contributed by atoms with Crippen LogP contribution in [0.3, 0.4) is 0 Å². The van der Waals surface area contributed by atoms with E-state index in [2.05, 4.69) is 46.1 Å². The summed E-state index contributed by atoms with van der Waals surface area (Å²) in [6, 6.07) is 18.1. The van der Waals surface area contributed by atoms with Crippen molar-refractivity contribution in [2.75, 3.05) is 18.0 Å². The van der Waals surface area contributed by atoms with Gasteiger partial charge < -0.3 is 4.90 Å². The number of ketones is 1. The van der Waals surface area contributed by atoms with Gasteiger partial charge in [0, 0.05) is 37.0 Å². The van der Waals surface area contributed by atoms with Crippen molar-refractivity contribution in [3.05, 3.63) is 89.4 Å². The van der Waals surface area contributed by atoms with Crippen molar-refractivity contribution in [2.24, 2.45) is 0 Å². The monoisotopic (exact) mass is 357 g/mol. The summed E-state index contributed by atoms with van der Waals surface area (Å²) in [6.07, 6.45) is 5.57. The van der Waals surface area contributed by atoms with Crippen molar-refractivity contribution in [3.63, 3.8) is 0 Å². The Morgan fingerprint density at radius 3 is 2.70 bits per heavy atom. The second-order valence-electron chi connectivity index (χ2n) is 7.15. The van der Waals surface area contributed by atoms with E-state index in [1.54, 1.807) is 30.6 Å². The maximum absolute atomic E-state index is 12.7. The molecule has 1 atom stereocenters. The lowest BCUT2D eigenvalue weighted by Gasteiger charge is -2.34. The number of pyridine rings is 2. The number of nitrogens with zero attached hydrogens (tertiary/aromatic N) is 3. The number of benzene rings is 1. The third-order valence-corrected chi connectivity index (χ3v) is 5.18. The normalized spacial score (nSPS) is 16.9. The molecule has 4 rings (SSSR count). The Morgan fingerprint density at radius 2 is 1.93 bits per heavy atom. The fourth-order valence-electron chi connectivity index (χ4n) is 3.67. The Balaban J connectivity index is 1.54. The minimum atomic E-state index is -0.0861. The van der Waals surface area contributed by atoms with Gasteiger partial charge in [-0.3, -0.25) is 9.78 Å². The van der Waals surface area contributed by atoms with E-state index in [1.165, 1.54) is 17.5 Å². The highest BCUT2D eigenvalue weighted by Crippen LogP contribution is 2.29. The van der Waals surface area contributed by atoms with Gasteiger partial charge in [0.2, 0.25) is 5.78 Å². The standard InChI is InChI=1S/C23H23N3O/c1-17-9-11-18(12-10-17)20-6-4-14-26(16-20)22-8-2-7-21(25-22)23(27)19-5-3-13-24-15-19/h2-3,5,7-13,15,20H,4,6,14,16H2,1H3. The van der Waals surface area contributed by atoms with E-state index < -0.39 is 0 Å². The third kappa shape index (κ3) is 3.90. The number of anilines is 1. The first kappa shape index (κ1) is 17.4. The van der Waals surface area contributed by atoms with Crippen LogP contribution >= 0.6 is 0 Å². The van der Waals surface area contributed by atoms with E-state index in [1.807, 2.05) is 12.1 Å². The van der Waals surface area contributed by atoms with Crippen molar-refractivity contribution in [2.45, 2.75) is 25.7 Å². The molecule has 1 aliphatic rings. The Hall–Kier alpha value is -3.01. The molecule has 27 heavy (non-hydrogen) atoms. The molecule has 1 aromatic carbocycles. The fourth-order valence-corrected chi connectivity index (χ4v) is 3.67. The van der Waals surface area contributed by atoms with Crippen LogP contribution < -0.4 is 4.90 Å².